The first-order valence-electron chi connectivity index (χ1n) is 3.62. The van der Waals surface area contributed by atoms with Gasteiger partial charge in [-0.1, -0.05) is 34.1 Å². The Bertz CT molecular complexity index is 316. The van der Waals surface area contributed by atoms with E-state index in [0.717, 1.165) is 16.3 Å². The molecule has 0 saturated heterocycles. The zero-order valence-corrected chi connectivity index (χ0v) is 8.34. The first-order chi connectivity index (χ1) is 5.74. The molecule has 0 bridgehead atoms. The molecule has 1 aromatic rings. The zero-order chi connectivity index (χ0) is 8.97. The molecule has 0 saturated carbocycles. The van der Waals surface area contributed by atoms with Crippen molar-refractivity contribution >= 4 is 28.3 Å². The third-order valence-corrected chi connectivity index (χ3v) is 2.42. The average Bonchev–Trinajstić information content (AvgIpc) is 2.07. The number of hydrogen-bond acceptors (Lipinski definition) is 1. The van der Waals surface area contributed by atoms with Gasteiger partial charge in [-0.05, 0) is 30.2 Å². The Morgan fingerprint density at radius 2 is 2.17 bits per heavy atom. The number of allylic oxidation sites excluding steroid dienone is 1. The summed E-state index contributed by atoms with van der Waals surface area (Å²) in [4.78, 5) is 10.0. The molecule has 0 atom stereocenters. The van der Waals surface area contributed by atoms with Gasteiger partial charge in [0, 0.05) is 4.47 Å². The van der Waals surface area contributed by atoms with Crippen molar-refractivity contribution in [3.8, 4) is 0 Å². The van der Waals surface area contributed by atoms with Gasteiger partial charge in [0.15, 0.2) is 0 Å². The number of halogens is 1. The highest BCUT2D eigenvalue weighted by Gasteiger charge is 1.93. The maximum Gasteiger partial charge on any atom is 0.142 e. The van der Waals surface area contributed by atoms with Crippen LogP contribution in [-0.4, -0.2) is 6.29 Å². The second kappa shape index (κ2) is 4.21. The molecule has 0 aliphatic rings. The minimum absolute atomic E-state index is 0.772. The van der Waals surface area contributed by atoms with Crippen LogP contribution in [0.4, 0.5) is 0 Å². The fourth-order valence-electron chi connectivity index (χ4n) is 0.863. The lowest BCUT2D eigenvalue weighted by atomic mass is 10.1. The summed E-state index contributed by atoms with van der Waals surface area (Å²) in [6.07, 6.45) is 4.03. The molecule has 0 aliphatic carbocycles. The van der Waals surface area contributed by atoms with Crippen molar-refractivity contribution in [2.24, 2.45) is 0 Å². The van der Waals surface area contributed by atoms with E-state index in [9.17, 15) is 4.79 Å². The summed E-state index contributed by atoms with van der Waals surface area (Å²) in [6, 6.07) is 5.96. The number of carbonyl (C=O) groups is 1. The Balaban J connectivity index is 2.96. The van der Waals surface area contributed by atoms with E-state index in [1.165, 1.54) is 11.6 Å². The van der Waals surface area contributed by atoms with Gasteiger partial charge in [-0.3, -0.25) is 4.79 Å². The average molecular weight is 225 g/mol. The molecule has 0 heterocycles. The number of rotatable bonds is 2. The van der Waals surface area contributed by atoms with Crippen molar-refractivity contribution < 1.29 is 4.79 Å². The van der Waals surface area contributed by atoms with Gasteiger partial charge in [0.05, 0.1) is 0 Å². The Morgan fingerprint density at radius 3 is 2.75 bits per heavy atom. The SMILES string of the molecule is Cc1ccc(/C=C/C=O)cc1Br. The molecular weight excluding hydrogens is 216 g/mol. The van der Waals surface area contributed by atoms with Crippen molar-refractivity contribution in [1.29, 1.82) is 0 Å². The van der Waals surface area contributed by atoms with Crippen molar-refractivity contribution in [3.05, 3.63) is 39.9 Å². The first-order valence-corrected chi connectivity index (χ1v) is 4.41. The maximum absolute atomic E-state index is 10.0. The molecule has 12 heavy (non-hydrogen) atoms. The number of carbonyl (C=O) groups excluding carboxylic acids is 1. The predicted molar refractivity (Wildman–Crippen MR) is 54.0 cm³/mol. The number of aryl methyl sites for hydroxylation is 1. The minimum atomic E-state index is 0.772. The van der Waals surface area contributed by atoms with Crippen LogP contribution in [0.3, 0.4) is 0 Å². The molecule has 62 valence electrons. The second-order valence-electron chi connectivity index (χ2n) is 2.50. The summed E-state index contributed by atoms with van der Waals surface area (Å²) < 4.78 is 1.07. The van der Waals surface area contributed by atoms with Crippen LogP contribution < -0.4 is 0 Å². The lowest BCUT2D eigenvalue weighted by Gasteiger charge is -1.98. The van der Waals surface area contributed by atoms with Crippen molar-refractivity contribution in [1.82, 2.24) is 0 Å². The number of aldehydes is 1. The third kappa shape index (κ3) is 2.31. The summed E-state index contributed by atoms with van der Waals surface area (Å²) in [5, 5.41) is 0. The number of benzene rings is 1. The topological polar surface area (TPSA) is 17.1 Å². The van der Waals surface area contributed by atoms with Crippen molar-refractivity contribution in [3.63, 3.8) is 0 Å². The molecule has 0 radical (unpaired) electrons. The molecule has 0 N–H and O–H groups in total. The van der Waals surface area contributed by atoms with E-state index in [-0.39, 0.29) is 0 Å². The highest BCUT2D eigenvalue weighted by atomic mass is 79.9. The lowest BCUT2D eigenvalue weighted by Crippen LogP contribution is -1.77. The van der Waals surface area contributed by atoms with Gasteiger partial charge >= 0.3 is 0 Å². The van der Waals surface area contributed by atoms with Crippen LogP contribution in [0.5, 0.6) is 0 Å². The highest BCUT2D eigenvalue weighted by Crippen LogP contribution is 2.17. The Morgan fingerprint density at radius 1 is 1.42 bits per heavy atom. The van der Waals surface area contributed by atoms with E-state index in [1.54, 1.807) is 6.08 Å². The fraction of sp³-hybridized carbons (Fsp3) is 0.100. The standard InChI is InChI=1S/C10H9BrO/c1-8-4-5-9(3-2-6-12)7-10(8)11/h2-7H,1H3/b3-2+. The van der Waals surface area contributed by atoms with E-state index in [1.807, 2.05) is 25.1 Å². The van der Waals surface area contributed by atoms with Gasteiger partial charge in [-0.15, -0.1) is 0 Å². The molecule has 0 aromatic heterocycles. The van der Waals surface area contributed by atoms with Crippen LogP contribution in [0.25, 0.3) is 6.08 Å². The molecule has 0 fully saturated rings. The van der Waals surface area contributed by atoms with Gasteiger partial charge in [0.25, 0.3) is 0 Å². The maximum atomic E-state index is 10.0. The smallest absolute Gasteiger partial charge is 0.142 e. The zero-order valence-electron chi connectivity index (χ0n) is 6.75. The van der Waals surface area contributed by atoms with Crippen LogP contribution in [-0.2, 0) is 4.79 Å². The quantitative estimate of drug-likeness (QED) is 0.558. The molecule has 2 heteroatoms. The van der Waals surface area contributed by atoms with E-state index < -0.39 is 0 Å². The molecule has 0 amide bonds. The summed E-state index contributed by atoms with van der Waals surface area (Å²) in [6.45, 7) is 2.03. The Kier molecular flexibility index (Phi) is 3.23. The second-order valence-corrected chi connectivity index (χ2v) is 3.36. The molecule has 0 spiro atoms. The van der Waals surface area contributed by atoms with Crippen molar-refractivity contribution in [2.45, 2.75) is 6.92 Å². The van der Waals surface area contributed by atoms with E-state index >= 15 is 0 Å². The van der Waals surface area contributed by atoms with Crippen LogP contribution in [0, 0.1) is 6.92 Å². The third-order valence-electron chi connectivity index (χ3n) is 1.56. The number of hydrogen-bond donors (Lipinski definition) is 0. The molecule has 1 nitrogen and oxygen atoms in total. The van der Waals surface area contributed by atoms with E-state index in [4.69, 9.17) is 0 Å². The summed E-state index contributed by atoms with van der Waals surface area (Å²) >= 11 is 3.42. The fourth-order valence-corrected chi connectivity index (χ4v) is 1.26. The van der Waals surface area contributed by atoms with Gasteiger partial charge in [0.2, 0.25) is 0 Å². The Hall–Kier alpha value is -0.890. The van der Waals surface area contributed by atoms with E-state index in [2.05, 4.69) is 15.9 Å². The summed E-state index contributed by atoms with van der Waals surface area (Å²) in [5.41, 5.74) is 2.22. The molecule has 0 aliphatic heterocycles. The lowest BCUT2D eigenvalue weighted by molar-refractivity contribution is -0.104. The van der Waals surface area contributed by atoms with Crippen LogP contribution in [0.1, 0.15) is 11.1 Å². The largest absolute Gasteiger partial charge is 0.299 e. The first kappa shape index (κ1) is 9.20. The van der Waals surface area contributed by atoms with Crippen LogP contribution >= 0.6 is 15.9 Å². The Labute approximate surface area is 80.2 Å². The van der Waals surface area contributed by atoms with Crippen molar-refractivity contribution in [2.75, 3.05) is 0 Å². The molecule has 1 aromatic carbocycles. The van der Waals surface area contributed by atoms with Gasteiger partial charge in [-0.25, -0.2) is 0 Å². The van der Waals surface area contributed by atoms with Crippen LogP contribution in [0.2, 0.25) is 0 Å². The van der Waals surface area contributed by atoms with Gasteiger partial charge in [-0.2, -0.15) is 0 Å². The molecule has 1 rings (SSSR count). The molecular formula is C10H9BrO. The van der Waals surface area contributed by atoms with Gasteiger partial charge in [0.1, 0.15) is 6.29 Å². The van der Waals surface area contributed by atoms with E-state index in [0.29, 0.717) is 0 Å². The van der Waals surface area contributed by atoms with Crippen LogP contribution in [0.15, 0.2) is 28.7 Å². The predicted octanol–water partition coefficient (Wildman–Crippen LogP) is 2.97. The summed E-state index contributed by atoms with van der Waals surface area (Å²) in [5.74, 6) is 0. The molecule has 0 unspecified atom stereocenters. The monoisotopic (exact) mass is 224 g/mol. The summed E-state index contributed by atoms with van der Waals surface area (Å²) in [7, 11) is 0. The van der Waals surface area contributed by atoms with Gasteiger partial charge < -0.3 is 0 Å². The minimum Gasteiger partial charge on any atom is -0.299 e. The highest BCUT2D eigenvalue weighted by molar-refractivity contribution is 9.10. The normalized spacial score (nSPS) is 10.5.